The summed E-state index contributed by atoms with van der Waals surface area (Å²) in [4.78, 5) is 14.7. The fourth-order valence-electron chi connectivity index (χ4n) is 5.93. The number of alkyl halides is 3. The van der Waals surface area contributed by atoms with E-state index < -0.39 is 40.2 Å². The average Bonchev–Trinajstić information content (AvgIpc) is 3.62. The van der Waals surface area contributed by atoms with Crippen molar-refractivity contribution in [2.45, 2.75) is 61.1 Å². The molecule has 2 aliphatic heterocycles. The number of aromatic hydroxyl groups is 1. The van der Waals surface area contributed by atoms with Crippen LogP contribution in [0.5, 0.6) is 5.75 Å². The molecule has 14 heteroatoms. The molecule has 2 aliphatic rings. The molecule has 8 nitrogen and oxygen atoms in total. The van der Waals surface area contributed by atoms with Gasteiger partial charge in [-0.15, -0.1) is 0 Å². The fraction of sp³-hybridized carbons (Fsp3) is 0.333. The number of ether oxygens (including phenoxy) is 1. The molecule has 2 heterocycles. The van der Waals surface area contributed by atoms with Crippen LogP contribution in [-0.4, -0.2) is 64.6 Å². The van der Waals surface area contributed by atoms with E-state index in [1.807, 2.05) is 0 Å². The van der Waals surface area contributed by atoms with E-state index in [1.165, 1.54) is 36.4 Å². The molecule has 0 saturated carbocycles. The minimum atomic E-state index is -4.83. The first kappa shape index (κ1) is 34.8. The number of hydrogen-bond donors (Lipinski definition) is 2. The number of nitrogens with zero attached hydrogens (tertiary/aromatic N) is 2. The minimum absolute atomic E-state index is 0.0195. The third-order valence-electron chi connectivity index (χ3n) is 7.97. The molecule has 0 aromatic heterocycles. The maximum absolute atomic E-state index is 14.1. The SMILES string of the molecule is N#C[Se]CCCCCC(=O)Nc1ccc(C2=C(c3ccc(O)cc3)C3CC(S(=O)(=O)N(CC(F)(F)F)c4cccc(Cl)c4)C2O3)cc1. The number of carbonyl (C=O) groups is 1. The van der Waals surface area contributed by atoms with Crippen molar-refractivity contribution < 1.29 is 36.2 Å². The number of rotatable bonds is 13. The predicted octanol–water partition coefficient (Wildman–Crippen LogP) is 7.00. The second-order valence-corrected chi connectivity index (χ2v) is 15.6. The van der Waals surface area contributed by atoms with Gasteiger partial charge in [-0.05, 0) is 47.9 Å². The summed E-state index contributed by atoms with van der Waals surface area (Å²) in [5.74, 6) is -0.124. The first-order chi connectivity index (χ1) is 22.4. The van der Waals surface area contributed by atoms with Gasteiger partial charge in [-0.3, -0.25) is 4.31 Å². The Labute approximate surface area is 282 Å². The Balaban J connectivity index is 1.44. The summed E-state index contributed by atoms with van der Waals surface area (Å²) in [6, 6.07) is 18.4. The van der Waals surface area contributed by atoms with Gasteiger partial charge in [0.05, 0.1) is 11.8 Å². The van der Waals surface area contributed by atoms with Crippen LogP contribution in [0.4, 0.5) is 24.5 Å². The van der Waals surface area contributed by atoms with Crippen LogP contribution < -0.4 is 9.62 Å². The normalized spacial score (nSPS) is 19.1. The topological polar surface area (TPSA) is 120 Å². The zero-order chi connectivity index (χ0) is 33.8. The number of phenolic OH excluding ortho intramolecular Hbond substituents is 1. The van der Waals surface area contributed by atoms with Gasteiger partial charge in [-0.25, -0.2) is 8.42 Å². The van der Waals surface area contributed by atoms with Gasteiger partial charge in [0.2, 0.25) is 10.0 Å². The Morgan fingerprint density at radius 3 is 2.38 bits per heavy atom. The van der Waals surface area contributed by atoms with E-state index in [2.05, 4.69) is 10.3 Å². The third kappa shape index (κ3) is 8.31. The van der Waals surface area contributed by atoms with Crippen LogP contribution in [0.2, 0.25) is 10.3 Å². The van der Waals surface area contributed by atoms with E-state index in [0.717, 1.165) is 18.2 Å². The number of sulfonamides is 1. The summed E-state index contributed by atoms with van der Waals surface area (Å²) in [5, 5.41) is 21.0. The van der Waals surface area contributed by atoms with E-state index in [4.69, 9.17) is 21.6 Å². The molecule has 248 valence electrons. The van der Waals surface area contributed by atoms with Crippen molar-refractivity contribution in [1.29, 1.82) is 5.26 Å². The number of amides is 1. The molecular weight excluding hydrogens is 722 g/mol. The second-order valence-electron chi connectivity index (χ2n) is 11.2. The van der Waals surface area contributed by atoms with Crippen LogP contribution in [0.25, 0.3) is 11.1 Å². The van der Waals surface area contributed by atoms with Crippen LogP contribution in [0, 0.1) is 10.2 Å². The van der Waals surface area contributed by atoms with Crippen molar-refractivity contribution in [1.82, 2.24) is 0 Å². The molecule has 3 aromatic rings. The molecule has 1 saturated heterocycles. The van der Waals surface area contributed by atoms with Crippen molar-refractivity contribution in [2.24, 2.45) is 0 Å². The summed E-state index contributed by atoms with van der Waals surface area (Å²) in [6.45, 7) is -1.73. The standard InChI is InChI=1S/C33H31ClF3N3O5SSe/c34-23-5-4-6-25(17-23)40(19-33(35,36)37)46(43,44)28-18-27-30(21-10-14-26(41)15-11-21)31(32(28)45-27)22-8-12-24(13-9-22)39-29(42)7-2-1-3-16-47-20-38/h4-6,8-15,17,27-28,32,41H,1-3,7,16,18-19H2,(H,39,42). The van der Waals surface area contributed by atoms with Gasteiger partial charge in [0.1, 0.15) is 23.6 Å². The van der Waals surface area contributed by atoms with Crippen LogP contribution in [-0.2, 0) is 19.6 Å². The van der Waals surface area contributed by atoms with Crippen molar-refractivity contribution in [2.75, 3.05) is 16.2 Å². The molecule has 0 radical (unpaired) electrons. The van der Waals surface area contributed by atoms with E-state index in [9.17, 15) is 31.5 Å². The van der Waals surface area contributed by atoms with Crippen LogP contribution >= 0.6 is 11.6 Å². The Hall–Kier alpha value is -3.53. The summed E-state index contributed by atoms with van der Waals surface area (Å²) in [5.41, 5.74) is 2.78. The third-order valence-corrected chi connectivity index (χ3v) is 11.7. The average molecular weight is 753 g/mol. The van der Waals surface area contributed by atoms with Gasteiger partial charge in [0.25, 0.3) is 0 Å². The Kier molecular flexibility index (Phi) is 10.9. The molecule has 1 amide bonds. The Morgan fingerprint density at radius 1 is 1.04 bits per heavy atom. The molecule has 3 atom stereocenters. The summed E-state index contributed by atoms with van der Waals surface area (Å²) in [7, 11) is -4.64. The number of carbonyl (C=O) groups excluding carboxylic acids is 1. The first-order valence-corrected chi connectivity index (χ1v) is 18.8. The van der Waals surface area contributed by atoms with Crippen molar-refractivity contribution >= 4 is 65.0 Å². The van der Waals surface area contributed by atoms with Gasteiger partial charge in [0.15, 0.2) is 0 Å². The van der Waals surface area contributed by atoms with Crippen molar-refractivity contribution in [3.63, 3.8) is 0 Å². The van der Waals surface area contributed by atoms with Crippen LogP contribution in [0.1, 0.15) is 43.2 Å². The zero-order valence-electron chi connectivity index (χ0n) is 24.9. The summed E-state index contributed by atoms with van der Waals surface area (Å²) < 4.78 is 76.1. The molecular formula is C33H31ClF3N3O5SSe. The zero-order valence-corrected chi connectivity index (χ0v) is 28.2. The molecule has 47 heavy (non-hydrogen) atoms. The van der Waals surface area contributed by atoms with Crippen LogP contribution in [0.15, 0.2) is 72.8 Å². The van der Waals surface area contributed by atoms with E-state index in [1.54, 1.807) is 36.4 Å². The molecule has 3 unspecified atom stereocenters. The molecule has 2 N–H and O–H groups in total. The molecule has 0 spiro atoms. The fourth-order valence-corrected chi connectivity index (χ4v) is 9.02. The molecule has 1 fully saturated rings. The number of nitriles is 1. The number of unbranched alkanes of at least 4 members (excludes halogenated alkanes) is 2. The quantitative estimate of drug-likeness (QED) is 0.144. The maximum atomic E-state index is 14.1. The van der Waals surface area contributed by atoms with E-state index in [0.29, 0.717) is 45.1 Å². The number of nitrogens with one attached hydrogen (secondary N) is 1. The number of fused-ring (bicyclic) bond motifs is 2. The molecule has 0 aliphatic carbocycles. The second kappa shape index (κ2) is 14.7. The predicted molar refractivity (Wildman–Crippen MR) is 175 cm³/mol. The summed E-state index contributed by atoms with van der Waals surface area (Å²) in [6.07, 6.45) is -3.95. The Bertz CT molecular complexity index is 1780. The van der Waals surface area contributed by atoms with Gasteiger partial charge in [-0.2, -0.15) is 13.2 Å². The number of anilines is 2. The summed E-state index contributed by atoms with van der Waals surface area (Å²) >= 11 is 6.02. The van der Waals surface area contributed by atoms with E-state index in [-0.39, 0.29) is 43.7 Å². The number of benzene rings is 3. The van der Waals surface area contributed by atoms with Gasteiger partial charge in [0, 0.05) is 5.02 Å². The van der Waals surface area contributed by atoms with Gasteiger partial charge >= 0.3 is 119 Å². The number of halogens is 4. The monoisotopic (exact) mass is 753 g/mol. The van der Waals surface area contributed by atoms with Gasteiger partial charge < -0.3 is 9.84 Å². The first-order valence-electron chi connectivity index (χ1n) is 14.8. The van der Waals surface area contributed by atoms with Crippen molar-refractivity contribution in [3.8, 4) is 10.7 Å². The van der Waals surface area contributed by atoms with Crippen LogP contribution in [0.3, 0.4) is 0 Å². The molecule has 5 rings (SSSR count). The number of phenols is 1. The van der Waals surface area contributed by atoms with Gasteiger partial charge in [-0.1, -0.05) is 29.8 Å². The Morgan fingerprint density at radius 2 is 1.72 bits per heavy atom. The number of hydrogen-bond acceptors (Lipinski definition) is 6. The molecule has 2 bridgehead atoms. The van der Waals surface area contributed by atoms with E-state index >= 15 is 0 Å². The molecule has 3 aromatic carbocycles. The van der Waals surface area contributed by atoms with Crippen molar-refractivity contribution in [3.05, 3.63) is 88.9 Å².